The Morgan fingerprint density at radius 3 is 2.33 bits per heavy atom. The van der Waals surface area contributed by atoms with Gasteiger partial charge < -0.3 is 10.8 Å². The first-order valence-electron chi connectivity index (χ1n) is 4.43. The van der Waals surface area contributed by atoms with Gasteiger partial charge in [0.05, 0.1) is 11.9 Å². The minimum atomic E-state index is -0.294. The molecule has 1 aromatic heterocycles. The molecular weight excluding hydrogens is 194 g/mol. The maximum absolute atomic E-state index is 11.6. The third-order valence-electron chi connectivity index (χ3n) is 2.25. The highest BCUT2D eigenvalue weighted by molar-refractivity contribution is 5.45. The smallest absolute Gasteiger partial charge is 0.335 e. The number of aromatic hydroxyl groups is 1. The summed E-state index contributed by atoms with van der Waals surface area (Å²) in [6, 6.07) is 6.84. The Morgan fingerprint density at radius 2 is 1.87 bits per heavy atom. The second-order valence-corrected chi connectivity index (χ2v) is 3.29. The third-order valence-corrected chi connectivity index (χ3v) is 2.25. The Kier molecular flexibility index (Phi) is 2.00. The maximum Gasteiger partial charge on any atom is 0.335 e. The van der Waals surface area contributed by atoms with Gasteiger partial charge in [0, 0.05) is 12.7 Å². The molecular formula is C10H11N3O2. The molecule has 0 amide bonds. The van der Waals surface area contributed by atoms with Crippen LogP contribution >= 0.6 is 0 Å². The minimum Gasteiger partial charge on any atom is -0.493 e. The summed E-state index contributed by atoms with van der Waals surface area (Å²) in [5.74, 6) is -0.0724. The quantitative estimate of drug-likeness (QED) is 0.664. The number of rotatable bonds is 1. The van der Waals surface area contributed by atoms with Crippen molar-refractivity contribution in [3.8, 4) is 11.6 Å². The van der Waals surface area contributed by atoms with E-state index in [0.717, 1.165) is 4.57 Å². The molecule has 0 spiro atoms. The summed E-state index contributed by atoms with van der Waals surface area (Å²) < 4.78 is 2.52. The summed E-state index contributed by atoms with van der Waals surface area (Å²) in [6.45, 7) is 0. The molecule has 0 saturated heterocycles. The molecule has 0 atom stereocenters. The van der Waals surface area contributed by atoms with E-state index in [4.69, 9.17) is 5.73 Å². The van der Waals surface area contributed by atoms with Crippen LogP contribution in [0, 0.1) is 0 Å². The Bertz CT molecular complexity index is 537. The molecule has 2 aromatic rings. The molecule has 0 fully saturated rings. The zero-order valence-electron chi connectivity index (χ0n) is 8.21. The van der Waals surface area contributed by atoms with Gasteiger partial charge in [0.2, 0.25) is 5.88 Å². The molecule has 0 radical (unpaired) electrons. The van der Waals surface area contributed by atoms with Crippen LogP contribution in [0.4, 0.5) is 5.69 Å². The zero-order valence-corrected chi connectivity index (χ0v) is 8.21. The van der Waals surface area contributed by atoms with Crippen molar-refractivity contribution in [3.63, 3.8) is 0 Å². The second kappa shape index (κ2) is 3.20. The van der Waals surface area contributed by atoms with E-state index in [2.05, 4.69) is 0 Å². The van der Waals surface area contributed by atoms with Crippen LogP contribution in [0.5, 0.6) is 5.88 Å². The van der Waals surface area contributed by atoms with E-state index in [1.54, 1.807) is 24.3 Å². The molecule has 0 bridgehead atoms. The van der Waals surface area contributed by atoms with Crippen LogP contribution in [0.3, 0.4) is 0 Å². The van der Waals surface area contributed by atoms with Gasteiger partial charge in [0.15, 0.2) is 0 Å². The van der Waals surface area contributed by atoms with Crippen molar-refractivity contribution >= 4 is 5.69 Å². The Labute approximate surface area is 86.0 Å². The number of hydrogen-bond acceptors (Lipinski definition) is 3. The van der Waals surface area contributed by atoms with Gasteiger partial charge in [-0.25, -0.2) is 4.79 Å². The summed E-state index contributed by atoms with van der Waals surface area (Å²) in [4.78, 5) is 11.6. The van der Waals surface area contributed by atoms with Gasteiger partial charge in [-0.3, -0.25) is 9.13 Å². The van der Waals surface area contributed by atoms with Gasteiger partial charge in [0.25, 0.3) is 0 Å². The lowest BCUT2D eigenvalue weighted by Crippen LogP contribution is -2.20. The van der Waals surface area contributed by atoms with E-state index >= 15 is 0 Å². The van der Waals surface area contributed by atoms with Gasteiger partial charge in [0.1, 0.15) is 0 Å². The number of nitrogens with two attached hydrogens (primary N) is 1. The highest BCUT2D eigenvalue weighted by Gasteiger charge is 2.07. The van der Waals surface area contributed by atoms with Crippen LogP contribution < -0.4 is 11.4 Å². The number of nitrogen functional groups attached to an aromatic ring is 1. The number of benzene rings is 1. The molecule has 1 aromatic carbocycles. The molecule has 5 heteroatoms. The van der Waals surface area contributed by atoms with Gasteiger partial charge >= 0.3 is 5.69 Å². The van der Waals surface area contributed by atoms with Crippen molar-refractivity contribution in [2.45, 2.75) is 0 Å². The van der Waals surface area contributed by atoms with Crippen molar-refractivity contribution in [1.29, 1.82) is 0 Å². The summed E-state index contributed by atoms with van der Waals surface area (Å²) in [7, 11) is 1.51. The van der Waals surface area contributed by atoms with E-state index < -0.39 is 0 Å². The van der Waals surface area contributed by atoms with Crippen LogP contribution in [0.1, 0.15) is 0 Å². The predicted molar refractivity (Wildman–Crippen MR) is 57.1 cm³/mol. The van der Waals surface area contributed by atoms with Gasteiger partial charge in [-0.05, 0) is 24.3 Å². The number of aromatic nitrogens is 2. The summed E-state index contributed by atoms with van der Waals surface area (Å²) >= 11 is 0. The average molecular weight is 205 g/mol. The van der Waals surface area contributed by atoms with Crippen molar-refractivity contribution < 1.29 is 5.11 Å². The second-order valence-electron chi connectivity index (χ2n) is 3.29. The van der Waals surface area contributed by atoms with E-state index in [-0.39, 0.29) is 11.6 Å². The fraction of sp³-hybridized carbons (Fsp3) is 0.100. The molecule has 0 saturated carbocycles. The van der Waals surface area contributed by atoms with E-state index in [9.17, 15) is 9.90 Å². The average Bonchev–Trinajstić information content (AvgIpc) is 2.47. The van der Waals surface area contributed by atoms with E-state index in [1.807, 2.05) is 0 Å². The third kappa shape index (κ3) is 1.48. The topological polar surface area (TPSA) is 73.2 Å². The first-order chi connectivity index (χ1) is 7.09. The molecule has 3 N–H and O–H groups in total. The maximum atomic E-state index is 11.6. The Balaban J connectivity index is 2.59. The summed E-state index contributed by atoms with van der Waals surface area (Å²) in [5.41, 5.74) is 6.54. The Hall–Kier alpha value is -2.17. The molecule has 2 rings (SSSR count). The molecule has 78 valence electrons. The van der Waals surface area contributed by atoms with Gasteiger partial charge in [-0.2, -0.15) is 0 Å². The van der Waals surface area contributed by atoms with E-state index in [0.29, 0.717) is 11.4 Å². The standard InChI is InChI=1S/C10H11N3O2/c1-12-9(14)6-13(10(12)15)8-4-2-7(11)3-5-8/h2-6,14H,11H2,1H3. The number of hydrogen-bond donors (Lipinski definition) is 2. The summed E-state index contributed by atoms with van der Waals surface area (Å²) in [6.07, 6.45) is 1.37. The predicted octanol–water partition coefficient (Wildman–Crippen LogP) is 0.464. The molecule has 5 nitrogen and oxygen atoms in total. The zero-order chi connectivity index (χ0) is 11.0. The van der Waals surface area contributed by atoms with E-state index in [1.165, 1.54) is 17.8 Å². The highest BCUT2D eigenvalue weighted by atomic mass is 16.3. The number of imidazole rings is 1. The molecule has 0 aliphatic carbocycles. The molecule has 1 heterocycles. The SMILES string of the molecule is Cn1c(O)cn(-c2ccc(N)cc2)c1=O. The van der Waals surface area contributed by atoms with Crippen LogP contribution in [0.15, 0.2) is 35.3 Å². The lowest BCUT2D eigenvalue weighted by Gasteiger charge is -2.00. The molecule has 0 aliphatic rings. The van der Waals surface area contributed by atoms with Crippen molar-refractivity contribution in [3.05, 3.63) is 40.9 Å². The molecule has 0 unspecified atom stereocenters. The largest absolute Gasteiger partial charge is 0.493 e. The minimum absolute atomic E-state index is 0.0724. The van der Waals surface area contributed by atoms with Crippen LogP contribution in [0.25, 0.3) is 5.69 Å². The van der Waals surface area contributed by atoms with Gasteiger partial charge in [-0.1, -0.05) is 0 Å². The van der Waals surface area contributed by atoms with Crippen LogP contribution in [0.2, 0.25) is 0 Å². The summed E-state index contributed by atoms with van der Waals surface area (Å²) in [5, 5.41) is 9.35. The highest BCUT2D eigenvalue weighted by Crippen LogP contribution is 2.12. The van der Waals surface area contributed by atoms with Crippen molar-refractivity contribution in [1.82, 2.24) is 9.13 Å². The normalized spacial score (nSPS) is 10.5. The monoisotopic (exact) mass is 205 g/mol. The number of nitrogens with zero attached hydrogens (tertiary/aromatic N) is 2. The van der Waals surface area contributed by atoms with Crippen molar-refractivity contribution in [2.24, 2.45) is 7.05 Å². The fourth-order valence-corrected chi connectivity index (χ4v) is 1.34. The first-order valence-corrected chi connectivity index (χ1v) is 4.43. The first kappa shape index (κ1) is 9.39. The molecule has 0 aliphatic heterocycles. The van der Waals surface area contributed by atoms with Gasteiger partial charge in [-0.15, -0.1) is 0 Å². The van der Waals surface area contributed by atoms with Crippen LogP contribution in [-0.4, -0.2) is 14.2 Å². The Morgan fingerprint density at radius 1 is 1.27 bits per heavy atom. The fourth-order valence-electron chi connectivity index (χ4n) is 1.34. The lowest BCUT2D eigenvalue weighted by atomic mass is 10.3. The van der Waals surface area contributed by atoms with Crippen molar-refractivity contribution in [2.75, 3.05) is 5.73 Å². The van der Waals surface area contributed by atoms with Crippen LogP contribution in [-0.2, 0) is 7.05 Å². The lowest BCUT2D eigenvalue weighted by molar-refractivity contribution is 0.429. The number of anilines is 1. The molecule has 15 heavy (non-hydrogen) atoms.